The Hall–Kier alpha value is -3.45. The van der Waals surface area contributed by atoms with Crippen LogP contribution in [0.2, 0.25) is 25.7 Å². The van der Waals surface area contributed by atoms with Gasteiger partial charge in [0.25, 0.3) is 0 Å². The Labute approximate surface area is 250 Å². The van der Waals surface area contributed by atoms with E-state index in [4.69, 9.17) is 9.72 Å². The summed E-state index contributed by atoms with van der Waals surface area (Å²) in [6.07, 6.45) is 9.31. The number of aryl methyl sites for hydroxylation is 1. The zero-order chi connectivity index (χ0) is 30.3. The van der Waals surface area contributed by atoms with E-state index in [-0.39, 0.29) is 0 Å². The number of rotatable bonds is 10. The van der Waals surface area contributed by atoms with Crippen LogP contribution in [-0.2, 0) is 27.9 Å². The normalized spacial score (nSPS) is 17.6. The second-order valence-corrected chi connectivity index (χ2v) is 20.6. The highest BCUT2D eigenvalue weighted by molar-refractivity contribution is 7.91. The minimum atomic E-state index is -3.74. The maximum Gasteiger partial charge on any atom is 0.248 e. The van der Waals surface area contributed by atoms with Crippen LogP contribution in [0.15, 0.2) is 66.4 Å². The van der Waals surface area contributed by atoms with E-state index >= 15 is 0 Å². The molecule has 1 aliphatic carbocycles. The number of hydrogen-bond acceptors (Lipinski definition) is 5. The molecule has 0 aliphatic heterocycles. The SMILES string of the molecule is CCC1=CC(C)(S(=O)(=O)n2ccc3c(Cc4nc5ccc(C#N)cc5n4COCC[Si](C)(C)C)ccc(C)c32)CC=C1. The first kappa shape index (κ1) is 30.0. The molecule has 0 saturated carbocycles. The first-order chi connectivity index (χ1) is 19.9. The molecular weight excluding hydrogens is 561 g/mol. The lowest BCUT2D eigenvalue weighted by Crippen LogP contribution is -2.38. The highest BCUT2D eigenvalue weighted by Crippen LogP contribution is 2.36. The maximum atomic E-state index is 14.1. The number of hydrogen-bond donors (Lipinski definition) is 0. The molecule has 2 aromatic heterocycles. The van der Waals surface area contributed by atoms with Gasteiger partial charge in [-0.1, -0.05) is 62.5 Å². The molecule has 1 atom stereocenters. The van der Waals surface area contributed by atoms with Gasteiger partial charge in [-0.15, -0.1) is 0 Å². The van der Waals surface area contributed by atoms with E-state index in [1.54, 1.807) is 12.3 Å². The Balaban J connectivity index is 1.55. The summed E-state index contributed by atoms with van der Waals surface area (Å²) in [4.78, 5) is 4.94. The van der Waals surface area contributed by atoms with Crippen LogP contribution in [-0.4, -0.2) is 41.4 Å². The third-order valence-electron chi connectivity index (χ3n) is 8.23. The van der Waals surface area contributed by atoms with Crippen molar-refractivity contribution in [1.82, 2.24) is 13.5 Å². The molecule has 0 bridgehead atoms. The molecule has 0 saturated heterocycles. The minimum Gasteiger partial charge on any atom is -0.361 e. The Morgan fingerprint density at radius 2 is 1.95 bits per heavy atom. The van der Waals surface area contributed by atoms with E-state index in [9.17, 15) is 13.7 Å². The molecule has 5 rings (SSSR count). The van der Waals surface area contributed by atoms with Crippen LogP contribution in [0, 0.1) is 18.3 Å². The zero-order valence-electron chi connectivity index (χ0n) is 25.4. The second kappa shape index (κ2) is 11.3. The van der Waals surface area contributed by atoms with E-state index < -0.39 is 22.8 Å². The lowest BCUT2D eigenvalue weighted by molar-refractivity contribution is 0.0881. The summed E-state index contributed by atoms with van der Waals surface area (Å²) < 4.78 is 36.9. The number of fused-ring (bicyclic) bond motifs is 2. The van der Waals surface area contributed by atoms with Gasteiger partial charge in [0.05, 0.1) is 28.2 Å². The molecule has 42 heavy (non-hydrogen) atoms. The average molecular weight is 601 g/mol. The van der Waals surface area contributed by atoms with Gasteiger partial charge in [-0.25, -0.2) is 17.4 Å². The van der Waals surface area contributed by atoms with Crippen LogP contribution >= 0.6 is 0 Å². The van der Waals surface area contributed by atoms with Crippen molar-refractivity contribution in [3.8, 4) is 6.07 Å². The van der Waals surface area contributed by atoms with Gasteiger partial charge < -0.3 is 9.30 Å². The molecule has 1 unspecified atom stereocenters. The van der Waals surface area contributed by atoms with E-state index in [1.807, 2.05) is 67.8 Å². The van der Waals surface area contributed by atoms with Crippen molar-refractivity contribution in [2.75, 3.05) is 6.61 Å². The monoisotopic (exact) mass is 600 g/mol. The fourth-order valence-corrected chi connectivity index (χ4v) is 8.12. The summed E-state index contributed by atoms with van der Waals surface area (Å²) in [5, 5.41) is 10.4. The number of ether oxygens (including phenoxy) is 1. The molecule has 2 aromatic carbocycles. The number of allylic oxidation sites excluding steroid dienone is 3. The van der Waals surface area contributed by atoms with Gasteiger partial charge in [-0.3, -0.25) is 0 Å². The molecule has 220 valence electrons. The van der Waals surface area contributed by atoms with Crippen molar-refractivity contribution in [3.63, 3.8) is 0 Å². The van der Waals surface area contributed by atoms with E-state index in [0.29, 0.717) is 37.3 Å². The summed E-state index contributed by atoms with van der Waals surface area (Å²) in [7, 11) is -4.99. The van der Waals surface area contributed by atoms with E-state index in [2.05, 4.69) is 31.8 Å². The van der Waals surface area contributed by atoms with Crippen LogP contribution in [0.25, 0.3) is 21.9 Å². The van der Waals surface area contributed by atoms with Gasteiger partial charge in [-0.2, -0.15) is 5.26 Å². The van der Waals surface area contributed by atoms with Crippen LogP contribution in [0.4, 0.5) is 0 Å². The lowest BCUT2D eigenvalue weighted by Gasteiger charge is -2.29. The molecule has 4 aromatic rings. The predicted octanol–water partition coefficient (Wildman–Crippen LogP) is 7.31. The molecule has 0 radical (unpaired) electrons. The van der Waals surface area contributed by atoms with Crippen molar-refractivity contribution < 1.29 is 13.2 Å². The van der Waals surface area contributed by atoms with E-state index in [1.165, 1.54) is 3.97 Å². The Kier molecular flexibility index (Phi) is 8.09. The highest BCUT2D eigenvalue weighted by Gasteiger charge is 2.40. The van der Waals surface area contributed by atoms with Crippen molar-refractivity contribution in [2.24, 2.45) is 0 Å². The Bertz CT molecular complexity index is 1870. The van der Waals surface area contributed by atoms with Gasteiger partial charge in [0.2, 0.25) is 10.0 Å². The van der Waals surface area contributed by atoms with Gasteiger partial charge in [-0.05, 0) is 68.1 Å². The molecule has 2 heterocycles. The Morgan fingerprint density at radius 3 is 2.67 bits per heavy atom. The van der Waals surface area contributed by atoms with Crippen molar-refractivity contribution >= 4 is 40.0 Å². The van der Waals surface area contributed by atoms with Gasteiger partial charge in [0.15, 0.2) is 0 Å². The largest absolute Gasteiger partial charge is 0.361 e. The molecular formula is C33H40N4O3SSi. The van der Waals surface area contributed by atoms with Gasteiger partial charge in [0.1, 0.15) is 17.3 Å². The van der Waals surface area contributed by atoms with Gasteiger partial charge in [0, 0.05) is 32.7 Å². The summed E-state index contributed by atoms with van der Waals surface area (Å²) >= 11 is 0. The van der Waals surface area contributed by atoms with Crippen LogP contribution in [0.1, 0.15) is 49.2 Å². The summed E-state index contributed by atoms with van der Waals surface area (Å²) in [6.45, 7) is 13.8. The molecule has 0 fully saturated rings. The fourth-order valence-electron chi connectivity index (χ4n) is 5.60. The zero-order valence-corrected chi connectivity index (χ0v) is 27.3. The minimum absolute atomic E-state index is 0.341. The summed E-state index contributed by atoms with van der Waals surface area (Å²) in [5.74, 6) is 0.814. The van der Waals surface area contributed by atoms with Crippen LogP contribution in [0.3, 0.4) is 0 Å². The van der Waals surface area contributed by atoms with E-state index in [0.717, 1.165) is 51.4 Å². The van der Waals surface area contributed by atoms with Crippen molar-refractivity contribution in [1.29, 1.82) is 5.26 Å². The van der Waals surface area contributed by atoms with Crippen LogP contribution < -0.4 is 0 Å². The fraction of sp³-hybridized carbons (Fsp3) is 0.394. The number of nitriles is 1. The van der Waals surface area contributed by atoms with Crippen molar-refractivity contribution in [2.45, 2.75) is 77.2 Å². The number of aromatic nitrogens is 3. The first-order valence-corrected chi connectivity index (χ1v) is 19.7. The van der Waals surface area contributed by atoms with Gasteiger partial charge >= 0.3 is 0 Å². The molecule has 0 spiro atoms. The summed E-state index contributed by atoms with van der Waals surface area (Å²) in [6, 6.07) is 14.8. The van der Waals surface area contributed by atoms with Crippen molar-refractivity contribution in [3.05, 3.63) is 88.9 Å². The number of benzene rings is 2. The first-order valence-electron chi connectivity index (χ1n) is 14.6. The lowest BCUT2D eigenvalue weighted by atomic mass is 9.96. The third kappa shape index (κ3) is 5.63. The number of nitrogens with zero attached hydrogens (tertiary/aromatic N) is 4. The topological polar surface area (TPSA) is 89.9 Å². The Morgan fingerprint density at radius 1 is 1.17 bits per heavy atom. The quantitative estimate of drug-likeness (QED) is 0.141. The number of imidazole rings is 1. The molecule has 0 N–H and O–H groups in total. The predicted molar refractivity (Wildman–Crippen MR) is 173 cm³/mol. The second-order valence-electron chi connectivity index (χ2n) is 12.7. The average Bonchev–Trinajstić information content (AvgIpc) is 3.54. The molecule has 9 heteroatoms. The van der Waals surface area contributed by atoms with Crippen LogP contribution in [0.5, 0.6) is 0 Å². The maximum absolute atomic E-state index is 14.1. The molecule has 7 nitrogen and oxygen atoms in total. The molecule has 0 amide bonds. The highest BCUT2D eigenvalue weighted by atomic mass is 32.2. The third-order valence-corrected chi connectivity index (χ3v) is 12.2. The summed E-state index contributed by atoms with van der Waals surface area (Å²) in [5.41, 5.74) is 5.86. The standard InChI is InChI=1S/C33H40N4O3SSi/c1-7-25-9-8-15-33(3,21-25)41(38,39)37-16-14-28-27(12-10-24(2)32(28)37)20-31-35-29-13-11-26(22-34)19-30(29)36(31)23-40-17-18-42(4,5)6/h8-14,16,19,21H,7,15,17-18,20,23H2,1-6H3. The molecule has 1 aliphatic rings. The smallest absolute Gasteiger partial charge is 0.248 e.